The van der Waals surface area contributed by atoms with Crippen LogP contribution in [0.2, 0.25) is 0 Å². The fourth-order valence-corrected chi connectivity index (χ4v) is 2.89. The fourth-order valence-electron chi connectivity index (χ4n) is 2.89. The average molecular weight is 266 g/mol. The van der Waals surface area contributed by atoms with E-state index < -0.39 is 0 Å². The molecule has 2 fully saturated rings. The lowest BCUT2D eigenvalue weighted by Gasteiger charge is -2.24. The fraction of sp³-hybridized carbons (Fsp3) is 0.600. The van der Waals surface area contributed by atoms with E-state index in [0.29, 0.717) is 18.2 Å². The average Bonchev–Trinajstić information content (AvgIpc) is 3.20. The Hall–Kier alpha value is -1.00. The molecule has 1 heterocycles. The van der Waals surface area contributed by atoms with Gasteiger partial charge in [-0.25, -0.2) is 8.78 Å². The first kappa shape index (κ1) is 13.0. The molecule has 1 N–H and O–H groups in total. The Morgan fingerprint density at radius 1 is 1.26 bits per heavy atom. The van der Waals surface area contributed by atoms with Crippen molar-refractivity contribution in [3.05, 3.63) is 35.4 Å². The van der Waals surface area contributed by atoms with Crippen LogP contribution in [0.15, 0.2) is 18.2 Å². The summed E-state index contributed by atoms with van der Waals surface area (Å²) in [6, 6.07) is 4.24. The van der Waals surface area contributed by atoms with Crippen molar-refractivity contribution in [3.63, 3.8) is 0 Å². The zero-order valence-corrected chi connectivity index (χ0v) is 11.0. The molecular weight excluding hydrogens is 246 g/mol. The van der Waals surface area contributed by atoms with Crippen molar-refractivity contribution in [2.75, 3.05) is 19.6 Å². The molecule has 0 radical (unpaired) electrons. The molecule has 0 bridgehead atoms. The molecule has 1 aliphatic carbocycles. The van der Waals surface area contributed by atoms with Crippen molar-refractivity contribution in [2.45, 2.75) is 31.8 Å². The number of halogens is 2. The second-order valence-electron chi connectivity index (χ2n) is 5.72. The maximum absolute atomic E-state index is 13.7. The maximum Gasteiger partial charge on any atom is 0.127 e. The highest BCUT2D eigenvalue weighted by molar-refractivity contribution is 5.18. The first-order chi connectivity index (χ1) is 9.22. The molecule has 1 aromatic rings. The van der Waals surface area contributed by atoms with Gasteiger partial charge < -0.3 is 5.32 Å². The summed E-state index contributed by atoms with van der Waals surface area (Å²) >= 11 is 0. The van der Waals surface area contributed by atoms with Crippen molar-refractivity contribution >= 4 is 0 Å². The van der Waals surface area contributed by atoms with Crippen LogP contribution in [0.25, 0.3) is 0 Å². The van der Waals surface area contributed by atoms with E-state index in [4.69, 9.17) is 0 Å². The van der Waals surface area contributed by atoms with Crippen LogP contribution in [0, 0.1) is 17.6 Å². The number of benzene rings is 1. The summed E-state index contributed by atoms with van der Waals surface area (Å²) in [7, 11) is 0. The molecule has 1 saturated heterocycles. The Balaban J connectivity index is 1.68. The highest BCUT2D eigenvalue weighted by Crippen LogP contribution is 2.33. The van der Waals surface area contributed by atoms with Gasteiger partial charge in [0.25, 0.3) is 0 Å². The normalized spacial score (nSPS) is 25.3. The molecule has 2 aliphatic rings. The first-order valence-electron chi connectivity index (χ1n) is 7.12. The molecule has 19 heavy (non-hydrogen) atoms. The van der Waals surface area contributed by atoms with Crippen molar-refractivity contribution in [1.29, 1.82) is 0 Å². The number of rotatable bonds is 3. The van der Waals surface area contributed by atoms with Crippen LogP contribution in [0.1, 0.15) is 24.8 Å². The van der Waals surface area contributed by atoms with Crippen LogP contribution in [0.3, 0.4) is 0 Å². The van der Waals surface area contributed by atoms with Crippen LogP contribution in [0.5, 0.6) is 0 Å². The van der Waals surface area contributed by atoms with Gasteiger partial charge in [-0.1, -0.05) is 0 Å². The molecule has 1 saturated carbocycles. The van der Waals surface area contributed by atoms with Crippen molar-refractivity contribution in [2.24, 2.45) is 5.92 Å². The quantitative estimate of drug-likeness (QED) is 0.904. The summed E-state index contributed by atoms with van der Waals surface area (Å²) in [5.74, 6) is 0.127. The van der Waals surface area contributed by atoms with Gasteiger partial charge in [0.2, 0.25) is 0 Å². The molecular formula is C15H20F2N2. The second-order valence-corrected chi connectivity index (χ2v) is 5.72. The minimum Gasteiger partial charge on any atom is -0.312 e. The number of hydrogen-bond donors (Lipinski definition) is 1. The highest BCUT2D eigenvalue weighted by atomic mass is 19.1. The van der Waals surface area contributed by atoms with Gasteiger partial charge in [0.15, 0.2) is 0 Å². The van der Waals surface area contributed by atoms with Crippen LogP contribution < -0.4 is 5.32 Å². The van der Waals surface area contributed by atoms with E-state index in [2.05, 4.69) is 10.2 Å². The summed E-state index contributed by atoms with van der Waals surface area (Å²) in [6.45, 7) is 3.44. The van der Waals surface area contributed by atoms with Gasteiger partial charge >= 0.3 is 0 Å². The maximum atomic E-state index is 13.7. The second kappa shape index (κ2) is 5.55. The Kier molecular flexibility index (Phi) is 3.80. The lowest BCUT2D eigenvalue weighted by Crippen LogP contribution is -2.39. The summed E-state index contributed by atoms with van der Waals surface area (Å²) in [6.07, 6.45) is 3.68. The Morgan fingerprint density at radius 3 is 2.89 bits per heavy atom. The zero-order chi connectivity index (χ0) is 13.2. The van der Waals surface area contributed by atoms with Crippen LogP contribution in [0.4, 0.5) is 8.78 Å². The number of hydrogen-bond acceptors (Lipinski definition) is 2. The monoisotopic (exact) mass is 266 g/mol. The molecule has 1 aliphatic heterocycles. The summed E-state index contributed by atoms with van der Waals surface area (Å²) in [4.78, 5) is 2.25. The summed E-state index contributed by atoms with van der Waals surface area (Å²) in [5.41, 5.74) is 0.469. The topological polar surface area (TPSA) is 15.3 Å². The van der Waals surface area contributed by atoms with Gasteiger partial charge in [-0.2, -0.15) is 0 Å². The van der Waals surface area contributed by atoms with Gasteiger partial charge in [-0.3, -0.25) is 4.90 Å². The number of nitrogens with one attached hydrogen (secondary N) is 1. The lowest BCUT2D eigenvalue weighted by atomic mass is 10.1. The third-order valence-corrected chi connectivity index (χ3v) is 4.11. The molecule has 4 heteroatoms. The summed E-state index contributed by atoms with van der Waals surface area (Å²) in [5, 5.41) is 3.58. The van der Waals surface area contributed by atoms with Crippen molar-refractivity contribution in [3.8, 4) is 0 Å². The predicted molar refractivity (Wildman–Crippen MR) is 70.8 cm³/mol. The minimum atomic E-state index is -0.358. The Bertz CT molecular complexity index is 446. The molecule has 0 spiro atoms. The van der Waals surface area contributed by atoms with Crippen LogP contribution in [-0.2, 0) is 6.54 Å². The van der Waals surface area contributed by atoms with E-state index in [1.165, 1.54) is 31.0 Å². The van der Waals surface area contributed by atoms with E-state index >= 15 is 0 Å². The van der Waals surface area contributed by atoms with E-state index in [0.717, 1.165) is 32.0 Å². The number of nitrogens with zero attached hydrogens (tertiary/aromatic N) is 1. The lowest BCUT2D eigenvalue weighted by molar-refractivity contribution is 0.247. The SMILES string of the molecule is Fc1ccc(F)c(CN2CCCNC(C3CC3)C2)c1. The third kappa shape index (κ3) is 3.31. The smallest absolute Gasteiger partial charge is 0.127 e. The van der Waals surface area contributed by atoms with E-state index in [1.807, 2.05) is 0 Å². The molecule has 0 aromatic heterocycles. The molecule has 0 amide bonds. The van der Waals surface area contributed by atoms with Gasteiger partial charge in [-0.15, -0.1) is 0 Å². The van der Waals surface area contributed by atoms with Gasteiger partial charge in [0, 0.05) is 24.7 Å². The molecule has 1 aromatic carbocycles. The van der Waals surface area contributed by atoms with E-state index in [1.54, 1.807) is 0 Å². The molecule has 104 valence electrons. The van der Waals surface area contributed by atoms with Crippen molar-refractivity contribution < 1.29 is 8.78 Å². The highest BCUT2D eigenvalue weighted by Gasteiger charge is 2.33. The predicted octanol–water partition coefficient (Wildman–Crippen LogP) is 2.54. The van der Waals surface area contributed by atoms with Crippen LogP contribution >= 0.6 is 0 Å². The minimum absolute atomic E-state index is 0.304. The molecule has 3 rings (SSSR count). The Labute approximate surface area is 112 Å². The van der Waals surface area contributed by atoms with E-state index in [-0.39, 0.29) is 11.6 Å². The Morgan fingerprint density at radius 2 is 2.11 bits per heavy atom. The first-order valence-corrected chi connectivity index (χ1v) is 7.12. The van der Waals surface area contributed by atoms with E-state index in [9.17, 15) is 8.78 Å². The molecule has 1 unspecified atom stereocenters. The molecule has 2 nitrogen and oxygen atoms in total. The summed E-state index contributed by atoms with van der Waals surface area (Å²) < 4.78 is 26.9. The van der Waals surface area contributed by atoms with Crippen LogP contribution in [-0.4, -0.2) is 30.6 Å². The molecule has 1 atom stereocenters. The van der Waals surface area contributed by atoms with Gasteiger partial charge in [0.1, 0.15) is 11.6 Å². The van der Waals surface area contributed by atoms with Gasteiger partial charge in [-0.05, 0) is 56.5 Å². The third-order valence-electron chi connectivity index (χ3n) is 4.11. The van der Waals surface area contributed by atoms with Gasteiger partial charge in [0.05, 0.1) is 0 Å². The van der Waals surface area contributed by atoms with Crippen molar-refractivity contribution in [1.82, 2.24) is 10.2 Å². The largest absolute Gasteiger partial charge is 0.312 e. The zero-order valence-electron chi connectivity index (χ0n) is 11.0. The standard InChI is InChI=1S/C15H20F2N2/c16-13-4-5-14(17)12(8-13)9-19-7-1-6-18-15(10-19)11-2-3-11/h4-5,8,11,15,18H,1-3,6-7,9-10H2.